The van der Waals surface area contributed by atoms with Crippen LogP contribution in [0.1, 0.15) is 18.3 Å². The predicted molar refractivity (Wildman–Crippen MR) is 71.3 cm³/mol. The number of nitrogens with zero attached hydrogens (tertiary/aromatic N) is 4. The molecule has 0 spiro atoms. The van der Waals surface area contributed by atoms with Gasteiger partial charge in [0, 0.05) is 17.1 Å². The van der Waals surface area contributed by atoms with Crippen LogP contribution in [-0.2, 0) is 16.8 Å². The number of amides is 1. The Labute approximate surface area is 119 Å². The van der Waals surface area contributed by atoms with Crippen LogP contribution in [0.3, 0.4) is 0 Å². The fraction of sp³-hybridized carbons (Fsp3) is 0.333. The third kappa shape index (κ3) is 1.78. The van der Waals surface area contributed by atoms with Crippen LogP contribution in [0.2, 0.25) is 5.02 Å². The Morgan fingerprint density at radius 3 is 2.95 bits per heavy atom. The van der Waals surface area contributed by atoms with Crippen molar-refractivity contribution in [3.8, 4) is 0 Å². The van der Waals surface area contributed by atoms with Crippen molar-refractivity contribution in [3.05, 3.63) is 34.6 Å². The second-order valence-corrected chi connectivity index (χ2v) is 5.01. The maximum absolute atomic E-state index is 12.5. The molecular formula is C12H12ClN5O2. The Morgan fingerprint density at radius 1 is 1.50 bits per heavy atom. The summed E-state index contributed by atoms with van der Waals surface area (Å²) in [6.07, 6.45) is -0.0494. The summed E-state index contributed by atoms with van der Waals surface area (Å²) >= 11 is 5.98. The maximum Gasteiger partial charge on any atom is 0.264 e. The molecule has 3 rings (SSSR count). The third-order valence-electron chi connectivity index (χ3n) is 3.41. The lowest BCUT2D eigenvalue weighted by Crippen LogP contribution is -2.42. The van der Waals surface area contributed by atoms with Gasteiger partial charge in [0.25, 0.3) is 5.91 Å². The van der Waals surface area contributed by atoms with Crippen LogP contribution in [0.25, 0.3) is 0 Å². The first kappa shape index (κ1) is 13.0. The summed E-state index contributed by atoms with van der Waals surface area (Å²) in [5, 5.41) is 24.6. The zero-order valence-electron chi connectivity index (χ0n) is 10.7. The van der Waals surface area contributed by atoms with Crippen LogP contribution < -0.4 is 4.90 Å². The van der Waals surface area contributed by atoms with E-state index in [1.165, 1.54) is 4.90 Å². The molecule has 104 valence electrons. The van der Waals surface area contributed by atoms with Crippen LogP contribution in [0, 0.1) is 0 Å². The molecule has 7 nitrogen and oxygen atoms in total. The third-order valence-corrected chi connectivity index (χ3v) is 3.65. The fourth-order valence-corrected chi connectivity index (χ4v) is 2.67. The number of likely N-dealkylation sites (N-methyl/N-ethyl adjacent to an activating group) is 1. The normalized spacial score (nSPS) is 21.4. The van der Waals surface area contributed by atoms with E-state index in [1.54, 1.807) is 18.2 Å². The number of tetrazole rings is 1. The molecular weight excluding hydrogens is 282 g/mol. The second kappa shape index (κ2) is 4.53. The summed E-state index contributed by atoms with van der Waals surface area (Å²) in [7, 11) is 0. The zero-order valence-corrected chi connectivity index (χ0v) is 11.4. The monoisotopic (exact) mass is 293 g/mol. The number of aromatic amines is 1. The van der Waals surface area contributed by atoms with Gasteiger partial charge in [-0.25, -0.2) is 0 Å². The van der Waals surface area contributed by atoms with Gasteiger partial charge in [-0.2, -0.15) is 5.21 Å². The van der Waals surface area contributed by atoms with Gasteiger partial charge in [0.05, 0.1) is 12.1 Å². The molecule has 1 aliphatic heterocycles. The summed E-state index contributed by atoms with van der Waals surface area (Å²) in [5.74, 6) is -0.133. The van der Waals surface area contributed by atoms with E-state index in [4.69, 9.17) is 11.6 Å². The summed E-state index contributed by atoms with van der Waals surface area (Å²) in [6.45, 7) is 2.30. The van der Waals surface area contributed by atoms with E-state index >= 15 is 0 Å². The molecule has 8 heteroatoms. The number of hydrogen-bond acceptors (Lipinski definition) is 5. The van der Waals surface area contributed by atoms with Crippen LogP contribution >= 0.6 is 11.6 Å². The molecule has 1 atom stereocenters. The van der Waals surface area contributed by atoms with Crippen LogP contribution in [0.4, 0.5) is 5.69 Å². The molecule has 0 saturated heterocycles. The van der Waals surface area contributed by atoms with E-state index in [-0.39, 0.29) is 12.2 Å². The van der Waals surface area contributed by atoms with Gasteiger partial charge in [0.1, 0.15) is 0 Å². The van der Waals surface area contributed by atoms with E-state index in [0.717, 1.165) is 0 Å². The van der Waals surface area contributed by atoms with Gasteiger partial charge in [-0.05, 0) is 25.1 Å². The predicted octanol–water partition coefficient (Wildman–Crippen LogP) is 0.650. The number of hydrogen-bond donors (Lipinski definition) is 2. The highest BCUT2D eigenvalue weighted by Gasteiger charge is 2.50. The molecule has 1 aromatic heterocycles. The van der Waals surface area contributed by atoms with E-state index in [0.29, 0.717) is 22.8 Å². The molecule has 2 N–H and O–H groups in total. The molecule has 2 heterocycles. The molecule has 1 amide bonds. The van der Waals surface area contributed by atoms with E-state index in [9.17, 15) is 9.90 Å². The van der Waals surface area contributed by atoms with Gasteiger partial charge in [-0.3, -0.25) is 4.79 Å². The Bertz CT molecular complexity index is 660. The standard InChI is InChI=1S/C12H12ClN5O2/c1-2-18-9-4-3-7(13)5-8(9)12(20,11(18)19)6-10-14-16-17-15-10/h3-5,20H,2,6H2,1H3,(H,14,15,16,17). The lowest BCUT2D eigenvalue weighted by molar-refractivity contribution is -0.136. The van der Waals surface area contributed by atoms with Crippen LogP contribution in [-0.4, -0.2) is 38.2 Å². The molecule has 0 radical (unpaired) electrons. The quantitative estimate of drug-likeness (QED) is 0.866. The van der Waals surface area contributed by atoms with Crippen molar-refractivity contribution in [2.75, 3.05) is 11.4 Å². The Morgan fingerprint density at radius 2 is 2.30 bits per heavy atom. The first-order chi connectivity index (χ1) is 9.56. The highest BCUT2D eigenvalue weighted by Crippen LogP contribution is 2.42. The number of halogens is 1. The highest BCUT2D eigenvalue weighted by atomic mass is 35.5. The number of fused-ring (bicyclic) bond motifs is 1. The average Bonchev–Trinajstić information content (AvgIpc) is 2.99. The molecule has 1 aromatic carbocycles. The van der Waals surface area contributed by atoms with Crippen LogP contribution in [0.5, 0.6) is 0 Å². The Balaban J connectivity index is 2.11. The maximum atomic E-state index is 12.5. The van der Waals surface area contributed by atoms with E-state index in [2.05, 4.69) is 20.6 Å². The van der Waals surface area contributed by atoms with Crippen molar-refractivity contribution >= 4 is 23.2 Å². The number of benzene rings is 1. The lowest BCUT2D eigenvalue weighted by Gasteiger charge is -2.21. The van der Waals surface area contributed by atoms with Crippen molar-refractivity contribution < 1.29 is 9.90 Å². The average molecular weight is 294 g/mol. The van der Waals surface area contributed by atoms with Crippen molar-refractivity contribution in [2.45, 2.75) is 18.9 Å². The first-order valence-corrected chi connectivity index (χ1v) is 6.50. The molecule has 1 unspecified atom stereocenters. The summed E-state index contributed by atoms with van der Waals surface area (Å²) in [5.41, 5.74) is -0.574. The van der Waals surface area contributed by atoms with E-state index < -0.39 is 11.5 Å². The molecule has 0 aliphatic carbocycles. The number of carbonyl (C=O) groups excluding carboxylic acids is 1. The molecule has 20 heavy (non-hydrogen) atoms. The van der Waals surface area contributed by atoms with Gasteiger partial charge in [0.2, 0.25) is 0 Å². The minimum absolute atomic E-state index is 0.0494. The van der Waals surface area contributed by atoms with Gasteiger partial charge < -0.3 is 10.0 Å². The number of aromatic nitrogens is 4. The number of aliphatic hydroxyl groups is 1. The summed E-state index contributed by atoms with van der Waals surface area (Å²) < 4.78 is 0. The SMILES string of the molecule is CCN1C(=O)C(O)(Cc2nn[nH]n2)c2cc(Cl)ccc21. The van der Waals surface area contributed by atoms with Gasteiger partial charge in [-0.15, -0.1) is 10.2 Å². The topological polar surface area (TPSA) is 95.0 Å². The van der Waals surface area contributed by atoms with Gasteiger partial charge in [0.15, 0.2) is 11.4 Å². The largest absolute Gasteiger partial charge is 0.375 e. The molecule has 0 bridgehead atoms. The summed E-state index contributed by atoms with van der Waals surface area (Å²) in [6, 6.07) is 5.02. The minimum atomic E-state index is -1.71. The number of rotatable bonds is 3. The molecule has 0 saturated carbocycles. The second-order valence-electron chi connectivity index (χ2n) is 4.58. The number of carbonyl (C=O) groups is 1. The van der Waals surface area contributed by atoms with E-state index in [1.807, 2.05) is 6.92 Å². The fourth-order valence-electron chi connectivity index (χ4n) is 2.49. The minimum Gasteiger partial charge on any atom is -0.375 e. The molecule has 0 fully saturated rings. The number of H-pyrrole nitrogens is 1. The van der Waals surface area contributed by atoms with Crippen LogP contribution in [0.15, 0.2) is 18.2 Å². The smallest absolute Gasteiger partial charge is 0.264 e. The lowest BCUT2D eigenvalue weighted by atomic mass is 9.91. The summed E-state index contributed by atoms with van der Waals surface area (Å²) in [4.78, 5) is 14.0. The van der Waals surface area contributed by atoms with Crippen molar-refractivity contribution in [1.82, 2.24) is 20.6 Å². The Kier molecular flexibility index (Phi) is 2.95. The number of nitrogens with one attached hydrogen (secondary N) is 1. The first-order valence-electron chi connectivity index (χ1n) is 6.13. The Hall–Kier alpha value is -1.99. The molecule has 1 aliphatic rings. The van der Waals surface area contributed by atoms with Gasteiger partial charge in [-0.1, -0.05) is 16.8 Å². The molecule has 2 aromatic rings. The number of anilines is 1. The van der Waals surface area contributed by atoms with Gasteiger partial charge >= 0.3 is 0 Å². The zero-order chi connectivity index (χ0) is 14.3. The van der Waals surface area contributed by atoms with Crippen molar-refractivity contribution in [1.29, 1.82) is 0 Å². The van der Waals surface area contributed by atoms with Crippen molar-refractivity contribution in [2.24, 2.45) is 0 Å². The van der Waals surface area contributed by atoms with Crippen molar-refractivity contribution in [3.63, 3.8) is 0 Å². The highest BCUT2D eigenvalue weighted by molar-refractivity contribution is 6.31.